The molecule has 3 heterocycles. The Balaban J connectivity index is 1.50. The lowest BCUT2D eigenvalue weighted by Crippen LogP contribution is -2.48. The molecule has 1 fully saturated rings. The van der Waals surface area contributed by atoms with E-state index in [2.05, 4.69) is 58.4 Å². The van der Waals surface area contributed by atoms with Crippen molar-refractivity contribution in [3.8, 4) is 5.88 Å². The van der Waals surface area contributed by atoms with Crippen LogP contribution in [-0.2, 0) is 6.54 Å². The number of pyridine rings is 2. The molecule has 2 N–H and O–H groups in total. The van der Waals surface area contributed by atoms with Crippen LogP contribution in [0.5, 0.6) is 5.88 Å². The Morgan fingerprint density at radius 2 is 1.97 bits per heavy atom. The van der Waals surface area contributed by atoms with Gasteiger partial charge in [0.15, 0.2) is 5.96 Å². The number of aryl methyl sites for hydroxylation is 1. The van der Waals surface area contributed by atoms with Gasteiger partial charge in [-0.2, -0.15) is 0 Å². The fraction of sp³-hybridized carbons (Fsp3) is 0.522. The lowest BCUT2D eigenvalue weighted by molar-refractivity contribution is 0.305. The first kappa shape index (κ1) is 21.9. The van der Waals surface area contributed by atoms with Crippen molar-refractivity contribution in [3.63, 3.8) is 0 Å². The molecule has 0 saturated carbocycles. The Morgan fingerprint density at radius 3 is 2.60 bits per heavy atom. The standard InChI is InChI=1S/C23H34N6O/c1-4-14-30-22-9-7-19(16-26-22)17-27-23(24-5-2)28-20-10-12-29(13-11-20)21-8-6-18(3)15-25-21/h6-9,15-16,20H,4-5,10-14,17H2,1-3H3,(H2,24,27,28). The van der Waals surface area contributed by atoms with E-state index in [0.29, 0.717) is 25.1 Å². The smallest absolute Gasteiger partial charge is 0.213 e. The summed E-state index contributed by atoms with van der Waals surface area (Å²) in [4.78, 5) is 16.0. The van der Waals surface area contributed by atoms with Crippen LogP contribution >= 0.6 is 0 Å². The molecule has 1 saturated heterocycles. The van der Waals surface area contributed by atoms with Gasteiger partial charge in [-0.15, -0.1) is 0 Å². The molecule has 30 heavy (non-hydrogen) atoms. The van der Waals surface area contributed by atoms with Crippen LogP contribution in [0.4, 0.5) is 5.82 Å². The van der Waals surface area contributed by atoms with Gasteiger partial charge >= 0.3 is 0 Å². The molecule has 3 rings (SSSR count). The van der Waals surface area contributed by atoms with Crippen molar-refractivity contribution < 1.29 is 4.74 Å². The lowest BCUT2D eigenvalue weighted by atomic mass is 10.1. The van der Waals surface area contributed by atoms with Crippen LogP contribution in [0.25, 0.3) is 0 Å². The third kappa shape index (κ3) is 6.61. The third-order valence-electron chi connectivity index (χ3n) is 5.07. The van der Waals surface area contributed by atoms with E-state index in [4.69, 9.17) is 9.73 Å². The van der Waals surface area contributed by atoms with Crippen molar-refractivity contribution in [2.45, 2.75) is 52.6 Å². The molecule has 1 aliphatic rings. The quantitative estimate of drug-likeness (QED) is 0.514. The van der Waals surface area contributed by atoms with E-state index in [1.54, 1.807) is 0 Å². The van der Waals surface area contributed by atoms with E-state index < -0.39 is 0 Å². The van der Waals surface area contributed by atoms with Crippen LogP contribution in [0.2, 0.25) is 0 Å². The largest absolute Gasteiger partial charge is 0.478 e. The highest BCUT2D eigenvalue weighted by Gasteiger charge is 2.20. The van der Waals surface area contributed by atoms with E-state index in [1.807, 2.05) is 24.5 Å². The van der Waals surface area contributed by atoms with Gasteiger partial charge in [0.1, 0.15) is 5.82 Å². The first-order valence-corrected chi connectivity index (χ1v) is 11.0. The number of nitrogens with zero attached hydrogens (tertiary/aromatic N) is 4. The number of rotatable bonds is 8. The van der Waals surface area contributed by atoms with Gasteiger partial charge in [0.05, 0.1) is 13.2 Å². The van der Waals surface area contributed by atoms with Gasteiger partial charge in [0.25, 0.3) is 0 Å². The van der Waals surface area contributed by atoms with Crippen LogP contribution in [0.15, 0.2) is 41.7 Å². The molecule has 0 aromatic carbocycles. The molecule has 162 valence electrons. The summed E-state index contributed by atoms with van der Waals surface area (Å²) >= 11 is 0. The Hall–Kier alpha value is -2.83. The maximum absolute atomic E-state index is 5.54. The van der Waals surface area contributed by atoms with Crippen LogP contribution in [-0.4, -0.2) is 48.2 Å². The Morgan fingerprint density at radius 1 is 1.13 bits per heavy atom. The van der Waals surface area contributed by atoms with Gasteiger partial charge < -0.3 is 20.3 Å². The van der Waals surface area contributed by atoms with Gasteiger partial charge in [0.2, 0.25) is 5.88 Å². The number of hydrogen-bond acceptors (Lipinski definition) is 5. The zero-order chi connectivity index (χ0) is 21.2. The summed E-state index contributed by atoms with van der Waals surface area (Å²) in [5, 5.41) is 6.95. The molecule has 7 heteroatoms. The van der Waals surface area contributed by atoms with Crippen LogP contribution in [0.3, 0.4) is 0 Å². The molecule has 0 amide bonds. The second kappa shape index (κ2) is 11.4. The van der Waals surface area contributed by atoms with E-state index in [1.165, 1.54) is 5.56 Å². The molecule has 0 atom stereocenters. The minimum absolute atomic E-state index is 0.410. The first-order chi connectivity index (χ1) is 14.7. The predicted molar refractivity (Wildman–Crippen MR) is 122 cm³/mol. The highest BCUT2D eigenvalue weighted by molar-refractivity contribution is 5.80. The molecule has 1 aliphatic heterocycles. The number of ether oxygens (including phenoxy) is 1. The van der Waals surface area contributed by atoms with Gasteiger partial charge in [0, 0.05) is 44.1 Å². The number of hydrogen-bond donors (Lipinski definition) is 2. The molecule has 2 aromatic rings. The SMILES string of the molecule is CCCOc1ccc(CN=C(NCC)NC2CCN(c3ccc(C)cn3)CC2)cn1. The third-order valence-corrected chi connectivity index (χ3v) is 5.07. The van der Waals surface area contributed by atoms with E-state index in [-0.39, 0.29) is 0 Å². The Labute approximate surface area is 180 Å². The summed E-state index contributed by atoms with van der Waals surface area (Å²) in [7, 11) is 0. The van der Waals surface area contributed by atoms with E-state index in [0.717, 1.165) is 56.2 Å². The average Bonchev–Trinajstić information content (AvgIpc) is 2.78. The first-order valence-electron chi connectivity index (χ1n) is 11.0. The molecule has 0 unspecified atom stereocenters. The second-order valence-electron chi connectivity index (χ2n) is 7.65. The van der Waals surface area contributed by atoms with Crippen LogP contribution in [0.1, 0.15) is 44.2 Å². The zero-order valence-corrected chi connectivity index (χ0v) is 18.4. The number of aromatic nitrogens is 2. The van der Waals surface area contributed by atoms with Crippen molar-refractivity contribution in [3.05, 3.63) is 47.8 Å². The second-order valence-corrected chi connectivity index (χ2v) is 7.65. The highest BCUT2D eigenvalue weighted by atomic mass is 16.5. The van der Waals surface area contributed by atoms with Crippen molar-refractivity contribution in [1.82, 2.24) is 20.6 Å². The molecule has 0 radical (unpaired) electrons. The topological polar surface area (TPSA) is 74.7 Å². The summed E-state index contributed by atoms with van der Waals surface area (Å²) in [6.07, 6.45) is 6.87. The van der Waals surface area contributed by atoms with Gasteiger partial charge in [-0.25, -0.2) is 15.0 Å². The van der Waals surface area contributed by atoms with Crippen LogP contribution < -0.4 is 20.3 Å². The summed E-state index contributed by atoms with van der Waals surface area (Å²) < 4.78 is 5.54. The Bertz CT molecular complexity index is 782. The lowest BCUT2D eigenvalue weighted by Gasteiger charge is -2.33. The summed E-state index contributed by atoms with van der Waals surface area (Å²) in [6.45, 7) is 10.3. The van der Waals surface area contributed by atoms with Crippen LogP contribution in [0, 0.1) is 6.92 Å². The maximum atomic E-state index is 5.54. The minimum Gasteiger partial charge on any atom is -0.478 e. The number of anilines is 1. The molecule has 2 aromatic heterocycles. The van der Waals surface area contributed by atoms with Crippen molar-refractivity contribution in [2.24, 2.45) is 4.99 Å². The fourth-order valence-corrected chi connectivity index (χ4v) is 3.38. The van der Waals surface area contributed by atoms with Gasteiger partial charge in [-0.05, 0) is 50.3 Å². The number of nitrogens with one attached hydrogen (secondary N) is 2. The monoisotopic (exact) mass is 410 g/mol. The zero-order valence-electron chi connectivity index (χ0n) is 18.4. The molecule has 0 aliphatic carbocycles. The number of aliphatic imine (C=N–C) groups is 1. The summed E-state index contributed by atoms with van der Waals surface area (Å²) in [5.74, 6) is 2.60. The molecule has 7 nitrogen and oxygen atoms in total. The van der Waals surface area contributed by atoms with Gasteiger partial charge in [-0.1, -0.05) is 19.1 Å². The Kier molecular flexibility index (Phi) is 8.30. The molecular weight excluding hydrogens is 376 g/mol. The van der Waals surface area contributed by atoms with E-state index >= 15 is 0 Å². The van der Waals surface area contributed by atoms with Gasteiger partial charge in [-0.3, -0.25) is 0 Å². The number of guanidine groups is 1. The minimum atomic E-state index is 0.410. The van der Waals surface area contributed by atoms with Crippen molar-refractivity contribution in [1.29, 1.82) is 0 Å². The van der Waals surface area contributed by atoms with Crippen molar-refractivity contribution in [2.75, 3.05) is 31.1 Å². The maximum Gasteiger partial charge on any atom is 0.213 e. The molecular formula is C23H34N6O. The molecule has 0 bridgehead atoms. The van der Waals surface area contributed by atoms with Crippen molar-refractivity contribution >= 4 is 11.8 Å². The molecule has 0 spiro atoms. The summed E-state index contributed by atoms with van der Waals surface area (Å²) in [5.41, 5.74) is 2.26. The van der Waals surface area contributed by atoms with E-state index in [9.17, 15) is 0 Å². The fourth-order valence-electron chi connectivity index (χ4n) is 3.38. The summed E-state index contributed by atoms with van der Waals surface area (Å²) in [6, 6.07) is 8.59. The normalized spacial score (nSPS) is 15.2. The average molecular weight is 411 g/mol. The number of piperidine rings is 1. The predicted octanol–water partition coefficient (Wildman–Crippen LogP) is 3.30. The highest BCUT2D eigenvalue weighted by Crippen LogP contribution is 2.18.